The summed E-state index contributed by atoms with van der Waals surface area (Å²) in [6.07, 6.45) is 14.9. The number of fused-ring (bicyclic) bond motifs is 11. The second-order valence-electron chi connectivity index (χ2n) is 18.5. The van der Waals surface area contributed by atoms with Crippen molar-refractivity contribution in [1.29, 1.82) is 0 Å². The van der Waals surface area contributed by atoms with Gasteiger partial charge in [0.05, 0.1) is 0 Å². The summed E-state index contributed by atoms with van der Waals surface area (Å²) in [6, 6.07) is 57.5. The summed E-state index contributed by atoms with van der Waals surface area (Å²) < 4.78 is 13.8. The molecule has 4 heteroatoms. The zero-order valence-electron chi connectivity index (χ0n) is 39.4. The van der Waals surface area contributed by atoms with Crippen molar-refractivity contribution in [2.45, 2.75) is 72.1 Å². The van der Waals surface area contributed by atoms with E-state index >= 15 is 0 Å². The van der Waals surface area contributed by atoms with Crippen molar-refractivity contribution in [3.63, 3.8) is 0 Å². The minimum absolute atomic E-state index is 0.0198. The molecule has 0 amide bonds. The van der Waals surface area contributed by atoms with Crippen molar-refractivity contribution in [1.82, 2.24) is 0 Å². The Kier molecular flexibility index (Phi) is 10.9. The van der Waals surface area contributed by atoms with Crippen LogP contribution in [0.3, 0.4) is 0 Å². The van der Waals surface area contributed by atoms with Crippen LogP contribution in [0.2, 0.25) is 0 Å². The first-order valence-corrected chi connectivity index (χ1v) is 24.3. The van der Waals surface area contributed by atoms with E-state index in [9.17, 15) is 0 Å². The predicted molar refractivity (Wildman–Crippen MR) is 284 cm³/mol. The van der Waals surface area contributed by atoms with Crippen LogP contribution in [-0.2, 0) is 11.8 Å². The van der Waals surface area contributed by atoms with Gasteiger partial charge in [0.2, 0.25) is 0 Å². The van der Waals surface area contributed by atoms with Crippen LogP contribution < -0.4 is 41.2 Å². The van der Waals surface area contributed by atoms with Gasteiger partial charge in [-0.2, -0.15) is 0 Å². The molecule has 0 fully saturated rings. The van der Waals surface area contributed by atoms with E-state index in [1.165, 1.54) is 71.0 Å². The van der Waals surface area contributed by atoms with E-state index < -0.39 is 0 Å². The van der Waals surface area contributed by atoms with Gasteiger partial charge in [0, 0.05) is 45.6 Å². The molecule has 0 bridgehead atoms. The molecule has 328 valence electrons. The molecule has 0 spiro atoms. The Morgan fingerprint density at radius 2 is 1.22 bits per heavy atom. The largest absolute Gasteiger partial charge is 0.458 e. The lowest BCUT2D eigenvalue weighted by molar-refractivity contribution is 0.418. The van der Waals surface area contributed by atoms with Gasteiger partial charge in [0.15, 0.2) is 0 Å². The summed E-state index contributed by atoms with van der Waals surface area (Å²) in [6.45, 7) is 12.9. The zero-order valence-corrected chi connectivity index (χ0v) is 39.4. The highest BCUT2D eigenvalue weighted by molar-refractivity contribution is 6.99. The van der Waals surface area contributed by atoms with Crippen LogP contribution in [-0.4, -0.2) is 6.71 Å². The second kappa shape index (κ2) is 17.2. The van der Waals surface area contributed by atoms with Gasteiger partial charge in [0.1, 0.15) is 23.0 Å². The number of nitrogens with zero attached hydrogens (tertiary/aromatic N) is 1. The van der Waals surface area contributed by atoms with Gasteiger partial charge < -0.3 is 14.4 Å². The molecule has 0 N–H and O–H groups in total. The second-order valence-corrected chi connectivity index (χ2v) is 18.5. The number of rotatable bonds is 6. The molecule has 0 saturated heterocycles. The summed E-state index contributed by atoms with van der Waals surface area (Å²) >= 11 is 0. The third-order valence-electron chi connectivity index (χ3n) is 14.6. The quantitative estimate of drug-likeness (QED) is 0.123. The molecule has 3 nitrogen and oxygen atoms in total. The molecule has 3 aliphatic heterocycles. The Bertz CT molecular complexity index is 3420. The Labute approximate surface area is 396 Å². The highest BCUT2D eigenvalue weighted by atomic mass is 16.5. The molecule has 0 aromatic heterocycles. The molecule has 3 heterocycles. The standard InChI is InChI=1S/C61H50BNO2.C2H6/c1-5-17-39(6-2)50-38-51-47-22-11-10-20-45(47)46-21-12-13-23-48(46)59(51)62-54-34-32-44(37-58(54)65-57-27-16-24-49(50)60(57)62)63(42-30-28-41(29-31-42)40-18-8-7-9-19-40)43-33-35-56-53(36-43)61(3,4)52-25-14-15-26-55(52)64-56;1-2/h5-9,12-37,50H,10-11,38H2,1-4H3;1-2H3/b17-5-,39-6+;. The smallest absolute Gasteiger partial charge is 0.252 e. The van der Waals surface area contributed by atoms with Crippen LogP contribution >= 0.6 is 0 Å². The summed E-state index contributed by atoms with van der Waals surface area (Å²) in [7, 11) is 0. The Morgan fingerprint density at radius 3 is 2.01 bits per heavy atom. The lowest BCUT2D eigenvalue weighted by Gasteiger charge is -2.36. The summed E-state index contributed by atoms with van der Waals surface area (Å²) in [4.78, 5) is 2.38. The van der Waals surface area contributed by atoms with Crippen LogP contribution in [0.4, 0.5) is 17.1 Å². The fourth-order valence-corrected chi connectivity index (χ4v) is 11.5. The normalized spacial score (nSPS) is 15.9. The van der Waals surface area contributed by atoms with Crippen molar-refractivity contribution in [3.05, 3.63) is 214 Å². The van der Waals surface area contributed by atoms with Gasteiger partial charge in [-0.1, -0.05) is 167 Å². The minimum Gasteiger partial charge on any atom is -0.458 e. The number of benzene rings is 8. The first-order valence-electron chi connectivity index (χ1n) is 24.3. The van der Waals surface area contributed by atoms with Gasteiger partial charge in [-0.15, -0.1) is 0 Å². The minimum atomic E-state index is -0.273. The van der Waals surface area contributed by atoms with E-state index in [0.29, 0.717) is 0 Å². The van der Waals surface area contributed by atoms with Crippen molar-refractivity contribution < 1.29 is 9.47 Å². The van der Waals surface area contributed by atoms with E-state index in [1.807, 2.05) is 13.8 Å². The van der Waals surface area contributed by atoms with E-state index in [0.717, 1.165) is 64.9 Å². The van der Waals surface area contributed by atoms with Crippen molar-refractivity contribution in [2.75, 3.05) is 4.90 Å². The van der Waals surface area contributed by atoms with Gasteiger partial charge in [-0.25, -0.2) is 0 Å². The third-order valence-corrected chi connectivity index (χ3v) is 14.6. The maximum Gasteiger partial charge on any atom is 0.252 e. The first kappa shape index (κ1) is 42.3. The van der Waals surface area contributed by atoms with Crippen LogP contribution in [0.15, 0.2) is 182 Å². The van der Waals surface area contributed by atoms with Crippen LogP contribution in [0.5, 0.6) is 23.0 Å². The zero-order chi connectivity index (χ0) is 45.8. The van der Waals surface area contributed by atoms with E-state index in [2.05, 4.69) is 221 Å². The highest BCUT2D eigenvalue weighted by Gasteiger charge is 2.42. The maximum atomic E-state index is 7.25. The van der Waals surface area contributed by atoms with Crippen LogP contribution in [0, 0.1) is 0 Å². The number of ether oxygens (including phenoxy) is 2. The van der Waals surface area contributed by atoms with Crippen molar-refractivity contribution in [2.24, 2.45) is 0 Å². The topological polar surface area (TPSA) is 21.7 Å². The van der Waals surface area contributed by atoms with Gasteiger partial charge in [-0.05, 0) is 142 Å². The molecule has 8 aromatic rings. The number of allylic oxidation sites excluding steroid dienone is 4. The Balaban J connectivity index is 0.00000244. The lowest BCUT2D eigenvalue weighted by Crippen LogP contribution is -2.58. The average Bonchev–Trinajstić information content (AvgIpc) is 3.53. The number of para-hydroxylation sites is 1. The molecular weight excluding hydrogens is 814 g/mol. The molecule has 1 atom stereocenters. The average molecular weight is 870 g/mol. The molecule has 1 aliphatic carbocycles. The summed E-state index contributed by atoms with van der Waals surface area (Å²) in [5.41, 5.74) is 15.6. The number of hydrogen-bond acceptors (Lipinski definition) is 3. The fourth-order valence-electron chi connectivity index (χ4n) is 11.5. The van der Waals surface area contributed by atoms with Gasteiger partial charge >= 0.3 is 0 Å². The lowest BCUT2D eigenvalue weighted by atomic mass is 9.34. The Hall–Kier alpha value is -7.30. The van der Waals surface area contributed by atoms with Gasteiger partial charge in [-0.3, -0.25) is 0 Å². The summed E-state index contributed by atoms with van der Waals surface area (Å²) in [5.74, 6) is 3.82. The molecule has 0 radical (unpaired) electrons. The number of hydrogen-bond donors (Lipinski definition) is 0. The molecule has 12 rings (SSSR count). The van der Waals surface area contributed by atoms with Crippen molar-refractivity contribution >= 4 is 63.1 Å². The molecule has 8 aromatic carbocycles. The van der Waals surface area contributed by atoms with E-state index in [1.54, 1.807) is 0 Å². The molecule has 67 heavy (non-hydrogen) atoms. The molecule has 1 unspecified atom stereocenters. The van der Waals surface area contributed by atoms with E-state index in [-0.39, 0.29) is 18.0 Å². The SMILES string of the molecule is C/C=C\C(=C/C)C1Cc2c(c3ccccc3c3c2=CCCC=3)B2c3ccc(N(c4ccc(-c5ccccc5)cc4)c4ccc5c(c4)C(C)(C)c4ccccc4O5)cc3Oc3cccc1c32.CC. The van der Waals surface area contributed by atoms with Crippen LogP contribution in [0.25, 0.3) is 34.1 Å². The molecule has 4 aliphatic rings. The monoisotopic (exact) mass is 869 g/mol. The fraction of sp³-hybridized carbons (Fsp3) is 0.175. The summed E-state index contributed by atoms with van der Waals surface area (Å²) in [5, 5.41) is 5.48. The predicted octanol–water partition coefficient (Wildman–Crippen LogP) is 13.6. The molecular formula is C63H56BNO2. The third kappa shape index (κ3) is 6.96. The maximum absolute atomic E-state index is 7.25. The first-order chi connectivity index (χ1) is 32.9. The van der Waals surface area contributed by atoms with Crippen molar-refractivity contribution in [3.8, 4) is 34.1 Å². The Morgan fingerprint density at radius 1 is 0.582 bits per heavy atom. The van der Waals surface area contributed by atoms with E-state index in [4.69, 9.17) is 9.47 Å². The number of anilines is 3. The highest BCUT2D eigenvalue weighted by Crippen LogP contribution is 2.50. The van der Waals surface area contributed by atoms with Gasteiger partial charge in [0.25, 0.3) is 6.71 Å². The van der Waals surface area contributed by atoms with Crippen LogP contribution in [0.1, 0.15) is 82.6 Å². The molecule has 0 saturated carbocycles.